The molecule has 0 aromatic heterocycles. The molecule has 1 aromatic rings. The van der Waals surface area contributed by atoms with Gasteiger partial charge in [-0.15, -0.1) is 0 Å². The highest BCUT2D eigenvalue weighted by atomic mass is 79.9. The third-order valence-corrected chi connectivity index (χ3v) is 2.51. The van der Waals surface area contributed by atoms with Gasteiger partial charge in [-0.3, -0.25) is 0 Å². The van der Waals surface area contributed by atoms with E-state index in [0.717, 1.165) is 0 Å². The number of hydrogen-bond donors (Lipinski definition) is 0. The van der Waals surface area contributed by atoms with Crippen molar-refractivity contribution >= 4 is 21.9 Å². The Hall–Kier alpha value is -0.940. The Labute approximate surface area is 95.3 Å². The fourth-order valence-electron chi connectivity index (χ4n) is 1.15. The molecule has 0 aliphatic rings. The lowest BCUT2D eigenvalue weighted by Gasteiger charge is -2.13. The molecule has 3 nitrogen and oxygen atoms in total. The highest BCUT2D eigenvalue weighted by molar-refractivity contribution is 9.10. The molecule has 5 heteroatoms. The Morgan fingerprint density at radius 3 is 2.60 bits per heavy atom. The van der Waals surface area contributed by atoms with Crippen LogP contribution in [0, 0.1) is 5.82 Å². The lowest BCUT2D eigenvalue weighted by molar-refractivity contribution is -0.152. The molecule has 0 bridgehead atoms. The molecule has 82 valence electrons. The predicted molar refractivity (Wildman–Crippen MR) is 55.9 cm³/mol. The minimum absolute atomic E-state index is 0.283. The summed E-state index contributed by atoms with van der Waals surface area (Å²) in [7, 11) is 2.66. The number of ether oxygens (including phenoxy) is 2. The first-order valence-electron chi connectivity index (χ1n) is 4.15. The molecule has 0 saturated carbocycles. The van der Waals surface area contributed by atoms with Crippen LogP contribution in [0.25, 0.3) is 0 Å². The Balaban J connectivity index is 3.02. The van der Waals surface area contributed by atoms with Crippen LogP contribution in [-0.4, -0.2) is 20.2 Å². The molecule has 0 heterocycles. The summed E-state index contributed by atoms with van der Waals surface area (Å²) < 4.78 is 22.7. The summed E-state index contributed by atoms with van der Waals surface area (Å²) in [6, 6.07) is 4.22. The number of halogens is 2. The standard InChI is InChI=1S/C10H10BrFO3/c1-14-9(10(13)15-2)6-3-4-8(12)7(11)5-6/h3-5,9H,1-2H3. The average molecular weight is 277 g/mol. The van der Waals surface area contributed by atoms with Gasteiger partial charge in [0.05, 0.1) is 11.6 Å². The van der Waals surface area contributed by atoms with Gasteiger partial charge in [-0.2, -0.15) is 0 Å². The summed E-state index contributed by atoms with van der Waals surface area (Å²) in [5, 5.41) is 0. The van der Waals surface area contributed by atoms with Crippen LogP contribution in [0.5, 0.6) is 0 Å². The largest absolute Gasteiger partial charge is 0.467 e. The Kier molecular flexibility index (Phi) is 4.23. The smallest absolute Gasteiger partial charge is 0.339 e. The third-order valence-electron chi connectivity index (χ3n) is 1.90. The van der Waals surface area contributed by atoms with Crippen molar-refractivity contribution in [2.24, 2.45) is 0 Å². The minimum Gasteiger partial charge on any atom is -0.467 e. The Morgan fingerprint density at radius 2 is 2.13 bits per heavy atom. The van der Waals surface area contributed by atoms with E-state index in [-0.39, 0.29) is 4.47 Å². The molecule has 0 aliphatic carbocycles. The van der Waals surface area contributed by atoms with Crippen molar-refractivity contribution in [3.05, 3.63) is 34.1 Å². The van der Waals surface area contributed by atoms with E-state index in [9.17, 15) is 9.18 Å². The highest BCUT2D eigenvalue weighted by Crippen LogP contribution is 2.23. The van der Waals surface area contributed by atoms with Crippen molar-refractivity contribution in [1.82, 2.24) is 0 Å². The molecule has 1 atom stereocenters. The summed E-state index contributed by atoms with van der Waals surface area (Å²) in [6.07, 6.45) is -0.827. The second kappa shape index (κ2) is 5.23. The number of benzene rings is 1. The summed E-state index contributed by atoms with van der Waals surface area (Å²) in [4.78, 5) is 11.3. The van der Waals surface area contributed by atoms with E-state index in [2.05, 4.69) is 20.7 Å². The van der Waals surface area contributed by atoms with Crippen molar-refractivity contribution in [2.45, 2.75) is 6.10 Å². The van der Waals surface area contributed by atoms with Gasteiger partial charge in [-0.05, 0) is 33.6 Å². The molecule has 0 aliphatic heterocycles. The fraction of sp³-hybridized carbons (Fsp3) is 0.300. The number of methoxy groups -OCH3 is 2. The zero-order valence-electron chi connectivity index (χ0n) is 8.29. The van der Waals surface area contributed by atoms with Crippen LogP contribution in [0.1, 0.15) is 11.7 Å². The van der Waals surface area contributed by atoms with Gasteiger partial charge >= 0.3 is 5.97 Å². The summed E-state index contributed by atoms with van der Waals surface area (Å²) in [5.41, 5.74) is 0.539. The van der Waals surface area contributed by atoms with Gasteiger partial charge in [0, 0.05) is 7.11 Å². The third kappa shape index (κ3) is 2.76. The maximum absolute atomic E-state index is 12.9. The van der Waals surface area contributed by atoms with Crippen molar-refractivity contribution in [3.8, 4) is 0 Å². The zero-order valence-corrected chi connectivity index (χ0v) is 9.88. The topological polar surface area (TPSA) is 35.5 Å². The molecular formula is C10H10BrFO3. The first-order chi connectivity index (χ1) is 7.10. The minimum atomic E-state index is -0.827. The molecule has 15 heavy (non-hydrogen) atoms. The van der Waals surface area contributed by atoms with Crippen molar-refractivity contribution in [3.63, 3.8) is 0 Å². The number of carbonyl (C=O) groups is 1. The Bertz CT molecular complexity index is 368. The quantitative estimate of drug-likeness (QED) is 0.796. The van der Waals surface area contributed by atoms with E-state index in [1.807, 2.05) is 0 Å². The molecule has 0 saturated heterocycles. The van der Waals surface area contributed by atoms with Gasteiger partial charge in [0.15, 0.2) is 6.10 Å². The summed E-state index contributed by atoms with van der Waals surface area (Å²) >= 11 is 3.03. The molecule has 0 amide bonds. The van der Waals surface area contributed by atoms with Gasteiger partial charge < -0.3 is 9.47 Å². The predicted octanol–water partition coefficient (Wildman–Crippen LogP) is 2.45. The fourth-order valence-corrected chi connectivity index (χ4v) is 1.55. The lowest BCUT2D eigenvalue weighted by Crippen LogP contribution is -2.16. The van der Waals surface area contributed by atoms with Crippen molar-refractivity contribution < 1.29 is 18.7 Å². The second-order valence-electron chi connectivity index (χ2n) is 2.81. The van der Waals surface area contributed by atoms with Crippen LogP contribution in [0.2, 0.25) is 0 Å². The number of rotatable bonds is 3. The molecular weight excluding hydrogens is 267 g/mol. The number of carbonyl (C=O) groups excluding carboxylic acids is 1. The van der Waals surface area contributed by atoms with Crippen LogP contribution in [0.3, 0.4) is 0 Å². The summed E-state index contributed by atoms with van der Waals surface area (Å²) in [6.45, 7) is 0. The van der Waals surface area contributed by atoms with Gasteiger partial charge in [-0.25, -0.2) is 9.18 Å². The zero-order chi connectivity index (χ0) is 11.4. The van der Waals surface area contributed by atoms with E-state index in [0.29, 0.717) is 5.56 Å². The average Bonchev–Trinajstić information content (AvgIpc) is 2.24. The molecule has 1 rings (SSSR count). The maximum atomic E-state index is 12.9. The summed E-state index contributed by atoms with van der Waals surface area (Å²) in [5.74, 6) is -0.908. The number of hydrogen-bond acceptors (Lipinski definition) is 3. The van der Waals surface area contributed by atoms with Gasteiger partial charge in [0.1, 0.15) is 5.82 Å². The molecule has 0 radical (unpaired) electrons. The van der Waals surface area contributed by atoms with Crippen molar-refractivity contribution in [2.75, 3.05) is 14.2 Å². The molecule has 1 unspecified atom stereocenters. The SMILES string of the molecule is COC(=O)C(OC)c1ccc(F)c(Br)c1. The Morgan fingerprint density at radius 1 is 1.47 bits per heavy atom. The van der Waals surface area contributed by atoms with Crippen LogP contribution in [0.15, 0.2) is 22.7 Å². The van der Waals surface area contributed by atoms with Crippen LogP contribution < -0.4 is 0 Å². The molecule has 0 spiro atoms. The van der Waals surface area contributed by atoms with E-state index >= 15 is 0 Å². The molecule has 0 fully saturated rings. The van der Waals surface area contributed by atoms with Crippen LogP contribution >= 0.6 is 15.9 Å². The van der Waals surface area contributed by atoms with E-state index in [1.54, 1.807) is 0 Å². The van der Waals surface area contributed by atoms with E-state index < -0.39 is 17.9 Å². The monoisotopic (exact) mass is 276 g/mol. The maximum Gasteiger partial charge on any atom is 0.339 e. The van der Waals surface area contributed by atoms with Crippen LogP contribution in [-0.2, 0) is 14.3 Å². The van der Waals surface area contributed by atoms with Crippen LogP contribution in [0.4, 0.5) is 4.39 Å². The highest BCUT2D eigenvalue weighted by Gasteiger charge is 2.21. The van der Waals surface area contributed by atoms with Gasteiger partial charge in [0.25, 0.3) is 0 Å². The first-order valence-corrected chi connectivity index (χ1v) is 4.95. The van der Waals surface area contributed by atoms with Crippen molar-refractivity contribution in [1.29, 1.82) is 0 Å². The van der Waals surface area contributed by atoms with Gasteiger partial charge in [0.2, 0.25) is 0 Å². The molecule has 0 N–H and O–H groups in total. The number of esters is 1. The molecule has 1 aromatic carbocycles. The van der Waals surface area contributed by atoms with E-state index in [4.69, 9.17) is 4.74 Å². The first kappa shape index (κ1) is 12.1. The van der Waals surface area contributed by atoms with Gasteiger partial charge in [-0.1, -0.05) is 6.07 Å². The lowest BCUT2D eigenvalue weighted by atomic mass is 10.1. The normalized spacial score (nSPS) is 12.3. The second-order valence-corrected chi connectivity index (χ2v) is 3.67. The van der Waals surface area contributed by atoms with E-state index in [1.165, 1.54) is 32.4 Å².